The molecule has 29 heavy (non-hydrogen) atoms. The van der Waals surface area contributed by atoms with Gasteiger partial charge in [-0.25, -0.2) is 4.79 Å². The minimum atomic E-state index is -0.316. The van der Waals surface area contributed by atoms with E-state index in [0.717, 1.165) is 11.1 Å². The van der Waals surface area contributed by atoms with Crippen LogP contribution in [0.25, 0.3) is 0 Å². The van der Waals surface area contributed by atoms with Gasteiger partial charge in [-0.1, -0.05) is 6.07 Å². The van der Waals surface area contributed by atoms with Gasteiger partial charge in [0.1, 0.15) is 0 Å². The second kappa shape index (κ2) is 8.23. The van der Waals surface area contributed by atoms with E-state index in [1.165, 1.54) is 0 Å². The number of nitrogens with one attached hydrogen (secondary N) is 2. The molecular weight excluding hydrogens is 368 g/mol. The minimum absolute atomic E-state index is 0.0228. The molecule has 3 amide bonds. The fourth-order valence-corrected chi connectivity index (χ4v) is 3.98. The van der Waals surface area contributed by atoms with Crippen LogP contribution in [0.15, 0.2) is 36.9 Å². The number of urea groups is 1. The van der Waals surface area contributed by atoms with E-state index in [0.29, 0.717) is 13.0 Å². The Bertz CT molecular complexity index is 858. The van der Waals surface area contributed by atoms with Crippen molar-refractivity contribution < 1.29 is 9.59 Å². The van der Waals surface area contributed by atoms with Gasteiger partial charge < -0.3 is 15.5 Å². The molecule has 3 atom stereocenters. The average Bonchev–Trinajstić information content (AvgIpc) is 3.23. The van der Waals surface area contributed by atoms with Crippen molar-refractivity contribution in [1.82, 2.24) is 30.3 Å². The zero-order valence-corrected chi connectivity index (χ0v) is 17.7. The van der Waals surface area contributed by atoms with Crippen LogP contribution in [0.4, 0.5) is 4.79 Å². The van der Waals surface area contributed by atoms with Gasteiger partial charge in [0, 0.05) is 55.6 Å². The van der Waals surface area contributed by atoms with Crippen molar-refractivity contribution in [2.24, 2.45) is 13.0 Å². The lowest BCUT2D eigenvalue weighted by Gasteiger charge is -2.38. The number of carbonyl (C=O) groups excluding carboxylic acids is 2. The molecule has 1 fully saturated rings. The summed E-state index contributed by atoms with van der Waals surface area (Å²) >= 11 is 0. The van der Waals surface area contributed by atoms with Crippen LogP contribution in [-0.2, 0) is 11.8 Å². The molecule has 0 aliphatic carbocycles. The van der Waals surface area contributed by atoms with Crippen molar-refractivity contribution in [3.8, 4) is 0 Å². The normalized spacial score (nSPS) is 20.6. The van der Waals surface area contributed by atoms with Crippen molar-refractivity contribution in [2.75, 3.05) is 6.54 Å². The lowest BCUT2D eigenvalue weighted by Crippen LogP contribution is -2.45. The number of nitrogens with zero attached hydrogens (tertiary/aromatic N) is 4. The molecule has 3 heterocycles. The van der Waals surface area contributed by atoms with Gasteiger partial charge in [-0.3, -0.25) is 14.5 Å². The van der Waals surface area contributed by atoms with Crippen molar-refractivity contribution in [3.63, 3.8) is 0 Å². The number of hydrogen-bond acceptors (Lipinski definition) is 4. The number of carbonyl (C=O) groups is 2. The summed E-state index contributed by atoms with van der Waals surface area (Å²) in [4.78, 5) is 31.2. The summed E-state index contributed by atoms with van der Waals surface area (Å²) in [6, 6.07) is 3.23. The average molecular weight is 399 g/mol. The van der Waals surface area contributed by atoms with Crippen molar-refractivity contribution in [3.05, 3.63) is 48.0 Å². The molecule has 2 aromatic heterocycles. The van der Waals surface area contributed by atoms with E-state index in [9.17, 15) is 9.59 Å². The molecule has 0 spiro atoms. The highest BCUT2D eigenvalue weighted by atomic mass is 16.2. The van der Waals surface area contributed by atoms with Crippen molar-refractivity contribution in [1.29, 1.82) is 0 Å². The van der Waals surface area contributed by atoms with Crippen LogP contribution in [-0.4, -0.2) is 43.7 Å². The fourth-order valence-electron chi connectivity index (χ4n) is 3.98. The Hall–Kier alpha value is -2.90. The molecule has 8 heteroatoms. The molecule has 3 rings (SSSR count). The molecule has 0 aromatic carbocycles. The highest BCUT2D eigenvalue weighted by Crippen LogP contribution is 2.41. The number of pyridine rings is 1. The predicted molar refractivity (Wildman–Crippen MR) is 110 cm³/mol. The maximum absolute atomic E-state index is 12.8. The van der Waals surface area contributed by atoms with E-state index < -0.39 is 0 Å². The van der Waals surface area contributed by atoms with Gasteiger partial charge in [0.15, 0.2) is 0 Å². The lowest BCUT2D eigenvalue weighted by atomic mass is 9.93. The molecule has 0 radical (unpaired) electrons. The standard InChI is InChI=1S/C21H30N6O2/c1-14(15-7-6-8-22-10-15)25-20(29)23-11-16-9-18(28)27(21(2,3)4)19(16)17-12-24-26(5)13-17/h6-8,10,12-14,16,19H,9,11H2,1-5H3,(H2,23,25,29)/t14-,16-,19+/m0/s1. The van der Waals surface area contributed by atoms with Crippen molar-refractivity contribution >= 4 is 11.9 Å². The Labute approximate surface area is 171 Å². The number of aryl methyl sites for hydroxylation is 1. The SMILES string of the molecule is C[C@H](NC(=O)NC[C@@H]1CC(=O)N(C(C)(C)C)[C@H]1c1cnn(C)c1)c1cccnc1. The molecule has 2 aromatic rings. The summed E-state index contributed by atoms with van der Waals surface area (Å²) < 4.78 is 1.74. The lowest BCUT2D eigenvalue weighted by molar-refractivity contribution is -0.133. The van der Waals surface area contributed by atoms with Gasteiger partial charge >= 0.3 is 6.03 Å². The Kier molecular flexibility index (Phi) is 5.91. The van der Waals surface area contributed by atoms with Gasteiger partial charge in [0.25, 0.3) is 0 Å². The molecule has 0 saturated carbocycles. The Morgan fingerprint density at radius 2 is 2.10 bits per heavy atom. The number of amides is 3. The predicted octanol–water partition coefficient (Wildman–Crippen LogP) is 2.56. The molecule has 1 aliphatic rings. The van der Waals surface area contributed by atoms with Crippen LogP contribution >= 0.6 is 0 Å². The maximum atomic E-state index is 12.8. The third-order valence-electron chi connectivity index (χ3n) is 5.28. The van der Waals surface area contributed by atoms with E-state index >= 15 is 0 Å². The summed E-state index contributed by atoms with van der Waals surface area (Å²) in [7, 11) is 1.86. The number of hydrogen-bond donors (Lipinski definition) is 2. The summed E-state index contributed by atoms with van der Waals surface area (Å²) in [5.74, 6) is 0.0765. The fraction of sp³-hybridized carbons (Fsp3) is 0.524. The van der Waals surface area contributed by atoms with Gasteiger partial charge in [-0.05, 0) is 39.3 Å². The zero-order valence-electron chi connectivity index (χ0n) is 17.7. The number of likely N-dealkylation sites (tertiary alicyclic amines) is 1. The number of aromatic nitrogens is 3. The zero-order chi connectivity index (χ0) is 21.2. The molecule has 2 N–H and O–H groups in total. The molecule has 1 aliphatic heterocycles. The van der Waals surface area contributed by atoms with Crippen molar-refractivity contribution in [2.45, 2.75) is 51.7 Å². The van der Waals surface area contributed by atoms with Crippen LogP contribution in [0, 0.1) is 5.92 Å². The first kappa shape index (κ1) is 20.8. The topological polar surface area (TPSA) is 92.2 Å². The molecular formula is C21H30N6O2. The first-order valence-electron chi connectivity index (χ1n) is 9.92. The van der Waals surface area contributed by atoms with E-state index in [-0.39, 0.29) is 35.5 Å². The first-order chi connectivity index (χ1) is 13.7. The van der Waals surface area contributed by atoms with Gasteiger partial charge in [0.05, 0.1) is 18.3 Å². The van der Waals surface area contributed by atoms with E-state index in [1.807, 2.05) is 58.0 Å². The van der Waals surface area contributed by atoms with Crippen LogP contribution in [0.1, 0.15) is 57.3 Å². The molecule has 8 nitrogen and oxygen atoms in total. The van der Waals surface area contributed by atoms with E-state index in [1.54, 1.807) is 23.3 Å². The summed E-state index contributed by atoms with van der Waals surface area (Å²) in [6.45, 7) is 8.42. The number of rotatable bonds is 5. The maximum Gasteiger partial charge on any atom is 0.315 e. The van der Waals surface area contributed by atoms with E-state index in [2.05, 4.69) is 20.7 Å². The van der Waals surface area contributed by atoms with Gasteiger partial charge in [0.2, 0.25) is 5.91 Å². The highest BCUT2D eigenvalue weighted by molar-refractivity contribution is 5.81. The third kappa shape index (κ3) is 4.75. The Balaban J connectivity index is 1.68. The smallest absolute Gasteiger partial charge is 0.315 e. The van der Waals surface area contributed by atoms with Gasteiger partial charge in [-0.2, -0.15) is 5.10 Å². The quantitative estimate of drug-likeness (QED) is 0.810. The van der Waals surface area contributed by atoms with Crippen LogP contribution in [0.3, 0.4) is 0 Å². The summed E-state index contributed by atoms with van der Waals surface area (Å²) in [5.41, 5.74) is 1.61. The van der Waals surface area contributed by atoms with Crippen LogP contribution < -0.4 is 10.6 Å². The Morgan fingerprint density at radius 3 is 2.69 bits per heavy atom. The molecule has 0 bridgehead atoms. The molecule has 156 valence electrons. The summed E-state index contributed by atoms with van der Waals surface area (Å²) in [5, 5.41) is 10.2. The van der Waals surface area contributed by atoms with E-state index in [4.69, 9.17) is 0 Å². The second-order valence-electron chi connectivity index (χ2n) is 8.65. The Morgan fingerprint density at radius 1 is 1.34 bits per heavy atom. The molecule has 0 unspecified atom stereocenters. The molecule has 1 saturated heterocycles. The third-order valence-corrected chi connectivity index (χ3v) is 5.28. The van der Waals surface area contributed by atoms with Crippen LogP contribution in [0.5, 0.6) is 0 Å². The minimum Gasteiger partial charge on any atom is -0.338 e. The summed E-state index contributed by atoms with van der Waals surface area (Å²) in [6.07, 6.45) is 7.58. The van der Waals surface area contributed by atoms with Gasteiger partial charge in [-0.15, -0.1) is 0 Å². The second-order valence-corrected chi connectivity index (χ2v) is 8.65. The monoisotopic (exact) mass is 398 g/mol. The highest BCUT2D eigenvalue weighted by Gasteiger charge is 2.45. The first-order valence-corrected chi connectivity index (χ1v) is 9.92. The van der Waals surface area contributed by atoms with Crippen LogP contribution in [0.2, 0.25) is 0 Å². The largest absolute Gasteiger partial charge is 0.338 e.